The van der Waals surface area contributed by atoms with Crippen LogP contribution in [0.4, 0.5) is 11.4 Å². The van der Waals surface area contributed by atoms with Gasteiger partial charge in [0.05, 0.1) is 10.6 Å². The van der Waals surface area contributed by atoms with E-state index in [2.05, 4.69) is 5.32 Å². The molecule has 1 aliphatic heterocycles. The number of nitrogens with one attached hydrogen (secondary N) is 1. The molecule has 0 radical (unpaired) electrons. The Labute approximate surface area is 186 Å². The Hall–Kier alpha value is -3.03. The second-order valence-electron chi connectivity index (χ2n) is 7.18. The van der Waals surface area contributed by atoms with Gasteiger partial charge in [-0.05, 0) is 73.5 Å². The van der Waals surface area contributed by atoms with Crippen LogP contribution < -0.4 is 14.4 Å². The first-order valence-corrected chi connectivity index (χ1v) is 11.6. The van der Waals surface area contributed by atoms with Crippen molar-refractivity contribution in [3.63, 3.8) is 0 Å². The van der Waals surface area contributed by atoms with E-state index < -0.39 is 16.1 Å². The molecule has 160 valence electrons. The molecule has 1 atom stereocenters. The minimum Gasteiger partial charge on any atom is -0.481 e. The number of benzene rings is 3. The first-order chi connectivity index (χ1) is 14.8. The molecule has 6 nitrogen and oxygen atoms in total. The molecule has 3 aromatic rings. The van der Waals surface area contributed by atoms with Gasteiger partial charge >= 0.3 is 0 Å². The van der Waals surface area contributed by atoms with Gasteiger partial charge in [0.2, 0.25) is 0 Å². The number of rotatable bonds is 6. The Bertz CT molecular complexity index is 1200. The van der Waals surface area contributed by atoms with Gasteiger partial charge in [-0.25, -0.2) is 8.42 Å². The molecule has 1 amide bonds. The zero-order valence-electron chi connectivity index (χ0n) is 16.8. The molecule has 0 bridgehead atoms. The van der Waals surface area contributed by atoms with Gasteiger partial charge in [-0.15, -0.1) is 0 Å². The number of ether oxygens (including phenoxy) is 1. The molecule has 8 heteroatoms. The molecule has 0 aromatic heterocycles. The third-order valence-corrected chi connectivity index (χ3v) is 7.13. The maximum atomic E-state index is 13.1. The summed E-state index contributed by atoms with van der Waals surface area (Å²) in [7, 11) is -3.67. The number of fused-ring (bicyclic) bond motifs is 1. The number of hydrogen-bond donors (Lipinski definition) is 1. The van der Waals surface area contributed by atoms with E-state index in [0.717, 1.165) is 5.56 Å². The van der Waals surface area contributed by atoms with E-state index in [1.54, 1.807) is 43.3 Å². The van der Waals surface area contributed by atoms with Gasteiger partial charge in [0.15, 0.2) is 6.10 Å². The minimum atomic E-state index is -3.67. The van der Waals surface area contributed by atoms with Crippen molar-refractivity contribution in [2.45, 2.75) is 24.3 Å². The number of sulfonamides is 1. The number of carbonyl (C=O) groups excluding carboxylic acids is 1. The summed E-state index contributed by atoms with van der Waals surface area (Å²) in [5.41, 5.74) is 2.22. The molecule has 0 aliphatic carbocycles. The van der Waals surface area contributed by atoms with Crippen molar-refractivity contribution in [3.05, 3.63) is 83.4 Å². The topological polar surface area (TPSA) is 75.7 Å². The van der Waals surface area contributed by atoms with Crippen molar-refractivity contribution in [2.75, 3.05) is 16.2 Å². The highest BCUT2D eigenvalue weighted by atomic mass is 35.5. The summed E-state index contributed by atoms with van der Waals surface area (Å²) in [4.78, 5) is 12.6. The Morgan fingerprint density at radius 3 is 2.42 bits per heavy atom. The van der Waals surface area contributed by atoms with Gasteiger partial charge in [-0.3, -0.25) is 9.10 Å². The Morgan fingerprint density at radius 2 is 1.71 bits per heavy atom. The molecule has 0 saturated heterocycles. The second kappa shape index (κ2) is 8.61. The summed E-state index contributed by atoms with van der Waals surface area (Å²) in [5, 5.41) is 3.32. The van der Waals surface area contributed by atoms with Gasteiger partial charge in [-0.1, -0.05) is 29.8 Å². The molecule has 0 fully saturated rings. The largest absolute Gasteiger partial charge is 0.481 e. The lowest BCUT2D eigenvalue weighted by atomic mass is 10.2. The van der Waals surface area contributed by atoms with Crippen LogP contribution in [0.5, 0.6) is 5.75 Å². The molecule has 1 unspecified atom stereocenters. The highest BCUT2D eigenvalue weighted by molar-refractivity contribution is 7.92. The maximum Gasteiger partial charge on any atom is 0.265 e. The van der Waals surface area contributed by atoms with Crippen molar-refractivity contribution in [2.24, 2.45) is 0 Å². The summed E-state index contributed by atoms with van der Waals surface area (Å²) in [6.07, 6.45) is -0.0552. The third kappa shape index (κ3) is 4.52. The van der Waals surface area contributed by atoms with Crippen LogP contribution in [0.15, 0.2) is 77.7 Å². The van der Waals surface area contributed by atoms with Crippen molar-refractivity contribution in [3.8, 4) is 5.75 Å². The Kier molecular flexibility index (Phi) is 5.89. The van der Waals surface area contributed by atoms with E-state index >= 15 is 0 Å². The lowest BCUT2D eigenvalue weighted by molar-refractivity contribution is -0.122. The number of amides is 1. The number of carbonyl (C=O) groups is 1. The smallest absolute Gasteiger partial charge is 0.265 e. The molecule has 3 aromatic carbocycles. The van der Waals surface area contributed by atoms with Gasteiger partial charge in [-0.2, -0.15) is 0 Å². The summed E-state index contributed by atoms with van der Waals surface area (Å²) in [6, 6.07) is 20.4. The van der Waals surface area contributed by atoms with Crippen LogP contribution in [0.1, 0.15) is 12.5 Å². The number of nitrogens with zero attached hydrogens (tertiary/aromatic N) is 1. The number of hydrogen-bond acceptors (Lipinski definition) is 4. The van der Waals surface area contributed by atoms with Crippen molar-refractivity contribution in [1.29, 1.82) is 0 Å². The summed E-state index contributed by atoms with van der Waals surface area (Å²) in [6.45, 7) is 2.05. The van der Waals surface area contributed by atoms with E-state index in [1.165, 1.54) is 16.4 Å². The third-order valence-electron chi connectivity index (χ3n) is 5.05. The number of halogens is 1. The monoisotopic (exact) mass is 456 g/mol. The lowest BCUT2D eigenvalue weighted by Gasteiger charge is -2.20. The minimum absolute atomic E-state index is 0.174. The Balaban J connectivity index is 1.43. The number of para-hydroxylation sites is 1. The maximum absolute atomic E-state index is 13.1. The molecule has 0 saturated carbocycles. The highest BCUT2D eigenvalue weighted by Crippen LogP contribution is 2.32. The first-order valence-electron chi connectivity index (χ1n) is 9.78. The van der Waals surface area contributed by atoms with E-state index in [1.807, 2.05) is 24.3 Å². The average Bonchev–Trinajstić information content (AvgIpc) is 3.21. The average molecular weight is 457 g/mol. The van der Waals surface area contributed by atoms with E-state index in [0.29, 0.717) is 35.1 Å². The van der Waals surface area contributed by atoms with Gasteiger partial charge in [0.25, 0.3) is 15.9 Å². The van der Waals surface area contributed by atoms with Crippen LogP contribution in [-0.2, 0) is 21.2 Å². The Morgan fingerprint density at radius 1 is 1.03 bits per heavy atom. The van der Waals surface area contributed by atoms with Crippen molar-refractivity contribution >= 4 is 38.9 Å². The summed E-state index contributed by atoms with van der Waals surface area (Å²) >= 11 is 5.85. The zero-order valence-corrected chi connectivity index (χ0v) is 18.4. The van der Waals surface area contributed by atoms with Crippen LogP contribution >= 0.6 is 11.6 Å². The first kappa shape index (κ1) is 21.2. The zero-order chi connectivity index (χ0) is 22.0. The molecule has 1 heterocycles. The standard InChI is InChI=1S/C23H21ClN2O4S/c1-16(30-20-10-6-18(24)7-11-20)23(27)25-19-8-12-21(13-9-19)31(28,29)26-15-14-17-4-2-3-5-22(17)26/h2-13,16H,14-15H2,1H3,(H,25,27). The van der Waals surface area contributed by atoms with Crippen LogP contribution in [0.3, 0.4) is 0 Å². The van der Waals surface area contributed by atoms with Crippen LogP contribution in [0.2, 0.25) is 5.02 Å². The fourth-order valence-electron chi connectivity index (χ4n) is 3.41. The molecular formula is C23H21ClN2O4S. The second-order valence-corrected chi connectivity index (χ2v) is 9.48. The van der Waals surface area contributed by atoms with E-state index in [-0.39, 0.29) is 10.8 Å². The summed E-state index contributed by atoms with van der Waals surface area (Å²) in [5.74, 6) is 0.179. The van der Waals surface area contributed by atoms with Gasteiger partial charge in [0.1, 0.15) is 5.75 Å². The van der Waals surface area contributed by atoms with Gasteiger partial charge < -0.3 is 10.1 Å². The fraction of sp³-hybridized carbons (Fsp3) is 0.174. The van der Waals surface area contributed by atoms with Crippen molar-refractivity contribution in [1.82, 2.24) is 0 Å². The highest BCUT2D eigenvalue weighted by Gasteiger charge is 2.30. The normalized spacial score (nSPS) is 14.1. The quantitative estimate of drug-likeness (QED) is 0.592. The predicted molar refractivity (Wildman–Crippen MR) is 121 cm³/mol. The molecule has 31 heavy (non-hydrogen) atoms. The molecule has 4 rings (SSSR count). The molecule has 1 aliphatic rings. The van der Waals surface area contributed by atoms with E-state index in [4.69, 9.17) is 16.3 Å². The van der Waals surface area contributed by atoms with Crippen LogP contribution in [0.25, 0.3) is 0 Å². The van der Waals surface area contributed by atoms with E-state index in [9.17, 15) is 13.2 Å². The fourth-order valence-corrected chi connectivity index (χ4v) is 5.04. The number of anilines is 2. The lowest BCUT2D eigenvalue weighted by Crippen LogP contribution is -2.30. The molecule has 1 N–H and O–H groups in total. The molecule has 0 spiro atoms. The predicted octanol–water partition coefficient (Wildman–Crippen LogP) is 4.50. The SMILES string of the molecule is CC(Oc1ccc(Cl)cc1)C(=O)Nc1ccc(S(=O)(=O)N2CCc3ccccc32)cc1. The summed E-state index contributed by atoms with van der Waals surface area (Å²) < 4.78 is 33.2. The van der Waals surface area contributed by atoms with Crippen LogP contribution in [-0.4, -0.2) is 27.0 Å². The molecular weight excluding hydrogens is 436 g/mol. The van der Waals surface area contributed by atoms with Crippen molar-refractivity contribution < 1.29 is 17.9 Å². The van der Waals surface area contributed by atoms with Gasteiger partial charge in [0, 0.05) is 17.3 Å². The van der Waals surface area contributed by atoms with Crippen LogP contribution in [0, 0.1) is 0 Å².